The molecule has 1 unspecified atom stereocenters. The number of rotatable bonds is 5. The summed E-state index contributed by atoms with van der Waals surface area (Å²) in [6.07, 6.45) is 3.01. The smallest absolute Gasteiger partial charge is 0.326 e. The first-order valence-corrected chi connectivity index (χ1v) is 7.31. The number of benzene rings is 1. The van der Waals surface area contributed by atoms with Gasteiger partial charge in [-0.1, -0.05) is 0 Å². The van der Waals surface area contributed by atoms with E-state index in [1.165, 1.54) is 23.0 Å². The lowest BCUT2D eigenvalue weighted by Gasteiger charge is -2.13. The number of amides is 1. The van der Waals surface area contributed by atoms with E-state index in [4.69, 9.17) is 0 Å². The number of carbonyl (C=O) groups is 2. The monoisotopic (exact) mass is 317 g/mol. The predicted molar refractivity (Wildman–Crippen MR) is 79.9 cm³/mol. The number of hydrogen-bond donors (Lipinski definition) is 2. The van der Waals surface area contributed by atoms with Crippen LogP contribution in [0.1, 0.15) is 28.9 Å². The van der Waals surface area contributed by atoms with Gasteiger partial charge in [0.15, 0.2) is 0 Å². The van der Waals surface area contributed by atoms with Crippen molar-refractivity contribution in [3.05, 3.63) is 47.5 Å². The van der Waals surface area contributed by atoms with Crippen molar-refractivity contribution in [2.24, 2.45) is 5.92 Å². The molecule has 2 aromatic rings. The number of nitrogens with one attached hydrogen (secondary N) is 1. The third kappa shape index (κ3) is 3.08. The first-order chi connectivity index (χ1) is 11.0. The van der Waals surface area contributed by atoms with Crippen molar-refractivity contribution in [2.45, 2.75) is 25.8 Å². The van der Waals surface area contributed by atoms with Gasteiger partial charge < -0.3 is 10.4 Å². The van der Waals surface area contributed by atoms with E-state index in [1.807, 2.05) is 0 Å². The van der Waals surface area contributed by atoms with Gasteiger partial charge >= 0.3 is 5.97 Å². The van der Waals surface area contributed by atoms with Crippen LogP contribution in [0.25, 0.3) is 5.69 Å². The molecule has 1 aromatic heterocycles. The quantitative estimate of drug-likeness (QED) is 0.882. The molecule has 1 heterocycles. The van der Waals surface area contributed by atoms with Gasteiger partial charge in [-0.2, -0.15) is 5.10 Å². The average Bonchev–Trinajstić information content (AvgIpc) is 3.28. The number of carboxylic acids is 1. The largest absolute Gasteiger partial charge is 0.480 e. The van der Waals surface area contributed by atoms with Crippen LogP contribution in [0.15, 0.2) is 30.5 Å². The fraction of sp³-hybridized carbons (Fsp3) is 0.312. The molecular weight excluding hydrogens is 301 g/mol. The molecule has 1 atom stereocenters. The summed E-state index contributed by atoms with van der Waals surface area (Å²) in [6, 6.07) is 4.87. The van der Waals surface area contributed by atoms with Crippen LogP contribution in [-0.4, -0.2) is 32.8 Å². The van der Waals surface area contributed by atoms with Crippen molar-refractivity contribution >= 4 is 11.9 Å². The average molecular weight is 317 g/mol. The van der Waals surface area contributed by atoms with Crippen LogP contribution in [0.5, 0.6) is 0 Å². The SMILES string of the molecule is Cc1c(C(=O)NC(C(=O)O)C2CC2)cnn1-c1ccc(F)cc1. The number of carbonyl (C=O) groups excluding carboxylic acids is 1. The summed E-state index contributed by atoms with van der Waals surface area (Å²) in [4.78, 5) is 23.5. The van der Waals surface area contributed by atoms with Crippen LogP contribution in [0, 0.1) is 18.7 Å². The van der Waals surface area contributed by atoms with Crippen molar-refractivity contribution in [3.8, 4) is 5.69 Å². The van der Waals surface area contributed by atoms with E-state index >= 15 is 0 Å². The van der Waals surface area contributed by atoms with Gasteiger partial charge in [0.05, 0.1) is 23.1 Å². The number of hydrogen-bond acceptors (Lipinski definition) is 3. The summed E-state index contributed by atoms with van der Waals surface area (Å²) in [5.41, 5.74) is 1.50. The fourth-order valence-corrected chi connectivity index (χ4v) is 2.50. The summed E-state index contributed by atoms with van der Waals surface area (Å²) in [5, 5.41) is 15.9. The highest BCUT2D eigenvalue weighted by Gasteiger charge is 2.37. The summed E-state index contributed by atoms with van der Waals surface area (Å²) >= 11 is 0. The Morgan fingerprint density at radius 1 is 1.35 bits per heavy atom. The zero-order valence-electron chi connectivity index (χ0n) is 12.5. The van der Waals surface area contributed by atoms with E-state index in [2.05, 4.69) is 10.4 Å². The zero-order chi connectivity index (χ0) is 16.6. The molecule has 6 nitrogen and oxygen atoms in total. The van der Waals surface area contributed by atoms with E-state index in [1.54, 1.807) is 19.1 Å². The highest BCUT2D eigenvalue weighted by atomic mass is 19.1. The normalized spacial score (nSPS) is 15.2. The maximum atomic E-state index is 13.0. The molecule has 0 aliphatic heterocycles. The van der Waals surface area contributed by atoms with Crippen molar-refractivity contribution in [3.63, 3.8) is 0 Å². The number of aromatic nitrogens is 2. The molecule has 120 valence electrons. The van der Waals surface area contributed by atoms with Crippen LogP contribution in [0.3, 0.4) is 0 Å². The van der Waals surface area contributed by atoms with Gasteiger partial charge in [-0.15, -0.1) is 0 Å². The first kappa shape index (κ1) is 15.2. The maximum Gasteiger partial charge on any atom is 0.326 e. The van der Waals surface area contributed by atoms with Gasteiger partial charge in [-0.05, 0) is 49.9 Å². The Kier molecular flexibility index (Phi) is 3.85. The Bertz CT molecular complexity index is 750. The van der Waals surface area contributed by atoms with Crippen LogP contribution >= 0.6 is 0 Å². The molecule has 7 heteroatoms. The Labute approximate surface area is 131 Å². The zero-order valence-corrected chi connectivity index (χ0v) is 12.5. The Morgan fingerprint density at radius 3 is 2.57 bits per heavy atom. The van der Waals surface area contributed by atoms with Gasteiger partial charge in [0.25, 0.3) is 5.91 Å². The molecule has 0 spiro atoms. The van der Waals surface area contributed by atoms with Crippen molar-refractivity contribution in [1.82, 2.24) is 15.1 Å². The van der Waals surface area contributed by atoms with Gasteiger partial charge in [0.1, 0.15) is 11.9 Å². The van der Waals surface area contributed by atoms with Crippen molar-refractivity contribution in [2.75, 3.05) is 0 Å². The second-order valence-electron chi connectivity index (χ2n) is 5.66. The Hall–Kier alpha value is -2.70. The minimum Gasteiger partial charge on any atom is -0.480 e. The summed E-state index contributed by atoms with van der Waals surface area (Å²) < 4.78 is 14.5. The molecule has 1 aliphatic rings. The highest BCUT2D eigenvalue weighted by molar-refractivity contribution is 5.97. The van der Waals surface area contributed by atoms with Crippen LogP contribution in [-0.2, 0) is 4.79 Å². The number of nitrogens with zero attached hydrogens (tertiary/aromatic N) is 2. The molecule has 1 fully saturated rings. The lowest BCUT2D eigenvalue weighted by Crippen LogP contribution is -2.42. The van der Waals surface area contributed by atoms with Crippen LogP contribution in [0.4, 0.5) is 4.39 Å². The number of carboxylic acid groups (broad SMARTS) is 1. The molecule has 0 radical (unpaired) electrons. The standard InChI is InChI=1S/C16H16FN3O3/c1-9-13(15(21)19-14(16(22)23)10-2-3-10)8-18-20(9)12-6-4-11(17)5-7-12/h4-8,10,14H,2-3H2,1H3,(H,19,21)(H,22,23). The fourth-order valence-electron chi connectivity index (χ4n) is 2.50. The maximum absolute atomic E-state index is 13.0. The Morgan fingerprint density at radius 2 is 2.00 bits per heavy atom. The van der Waals surface area contributed by atoms with E-state index in [0.29, 0.717) is 16.9 Å². The second kappa shape index (κ2) is 5.83. The van der Waals surface area contributed by atoms with Crippen LogP contribution in [0.2, 0.25) is 0 Å². The molecule has 0 bridgehead atoms. The van der Waals surface area contributed by atoms with E-state index in [9.17, 15) is 19.1 Å². The third-order valence-electron chi connectivity index (χ3n) is 3.97. The molecule has 0 saturated heterocycles. The lowest BCUT2D eigenvalue weighted by molar-refractivity contribution is -0.139. The van der Waals surface area contributed by atoms with Gasteiger partial charge in [0.2, 0.25) is 0 Å². The first-order valence-electron chi connectivity index (χ1n) is 7.31. The topological polar surface area (TPSA) is 84.2 Å². The second-order valence-corrected chi connectivity index (χ2v) is 5.66. The van der Waals surface area contributed by atoms with E-state index < -0.39 is 17.9 Å². The highest BCUT2D eigenvalue weighted by Crippen LogP contribution is 2.33. The lowest BCUT2D eigenvalue weighted by atomic mass is 10.1. The molecule has 2 N–H and O–H groups in total. The molecular formula is C16H16FN3O3. The molecule has 1 amide bonds. The molecule has 1 aliphatic carbocycles. The third-order valence-corrected chi connectivity index (χ3v) is 3.97. The minimum absolute atomic E-state index is 0.00361. The number of halogens is 1. The predicted octanol–water partition coefficient (Wildman–Crippen LogP) is 1.91. The molecule has 23 heavy (non-hydrogen) atoms. The summed E-state index contributed by atoms with van der Waals surface area (Å²) in [7, 11) is 0. The molecule has 3 rings (SSSR count). The van der Waals surface area contributed by atoms with Gasteiger partial charge in [-0.3, -0.25) is 4.79 Å². The van der Waals surface area contributed by atoms with E-state index in [0.717, 1.165) is 12.8 Å². The van der Waals surface area contributed by atoms with Crippen molar-refractivity contribution < 1.29 is 19.1 Å². The molecule has 1 aromatic carbocycles. The van der Waals surface area contributed by atoms with Crippen molar-refractivity contribution in [1.29, 1.82) is 0 Å². The summed E-state index contributed by atoms with van der Waals surface area (Å²) in [6.45, 7) is 1.71. The van der Waals surface area contributed by atoms with E-state index in [-0.39, 0.29) is 11.7 Å². The van der Waals surface area contributed by atoms with Crippen LogP contribution < -0.4 is 5.32 Å². The minimum atomic E-state index is -1.02. The summed E-state index contributed by atoms with van der Waals surface area (Å²) in [5.74, 6) is -1.84. The number of aliphatic carboxylic acids is 1. The Balaban J connectivity index is 1.82. The molecule has 1 saturated carbocycles. The van der Waals surface area contributed by atoms with Gasteiger partial charge in [0, 0.05) is 0 Å². The van der Waals surface area contributed by atoms with Gasteiger partial charge in [-0.25, -0.2) is 13.9 Å².